The molecule has 1 fully saturated rings. The zero-order valence-corrected chi connectivity index (χ0v) is 15.2. The van der Waals surface area contributed by atoms with Gasteiger partial charge in [0, 0.05) is 29.4 Å². The number of nitrogens with one attached hydrogen (secondary N) is 1. The van der Waals surface area contributed by atoms with Crippen LogP contribution < -0.4 is 5.32 Å². The molecule has 1 unspecified atom stereocenters. The Hall–Kier alpha value is -2.48. The van der Waals surface area contributed by atoms with Gasteiger partial charge in [-0.1, -0.05) is 0 Å². The minimum absolute atomic E-state index is 0.0535. The molecule has 0 spiro atoms. The molecular weight excluding hydrogens is 336 g/mol. The van der Waals surface area contributed by atoms with Gasteiger partial charge in [-0.05, 0) is 44.4 Å². The summed E-state index contributed by atoms with van der Waals surface area (Å²) in [4.78, 5) is 14.2. The fourth-order valence-electron chi connectivity index (χ4n) is 3.10. The Morgan fingerprint density at radius 3 is 2.76 bits per heavy atom. The molecule has 8 heteroatoms. The number of amides is 1. The van der Waals surface area contributed by atoms with Crippen LogP contribution in [0.15, 0.2) is 29.0 Å². The molecular formula is C17H20N6OS. The third kappa shape index (κ3) is 2.97. The van der Waals surface area contributed by atoms with Crippen LogP contribution in [-0.2, 0) is 4.79 Å². The van der Waals surface area contributed by atoms with Crippen molar-refractivity contribution in [3.05, 3.63) is 29.0 Å². The summed E-state index contributed by atoms with van der Waals surface area (Å²) in [7, 11) is 0. The van der Waals surface area contributed by atoms with Gasteiger partial charge in [-0.3, -0.25) is 4.79 Å². The molecule has 3 aromatic heterocycles. The van der Waals surface area contributed by atoms with E-state index in [4.69, 9.17) is 0 Å². The average Bonchev–Trinajstić information content (AvgIpc) is 3.25. The summed E-state index contributed by atoms with van der Waals surface area (Å²) >= 11 is 1.61. The first-order valence-electron chi connectivity index (χ1n) is 8.24. The van der Waals surface area contributed by atoms with Crippen LogP contribution in [0.1, 0.15) is 27.2 Å². The SMILES string of the molecule is CC(C)(C)N1CC(Nc2ccc3nnc(-c4ccsc4)n3n2)CC1=O. The molecule has 4 rings (SSSR count). The van der Waals surface area contributed by atoms with Crippen molar-refractivity contribution in [1.82, 2.24) is 24.7 Å². The Labute approximate surface area is 149 Å². The van der Waals surface area contributed by atoms with E-state index in [0.717, 1.165) is 17.2 Å². The summed E-state index contributed by atoms with van der Waals surface area (Å²) in [5.41, 5.74) is 1.54. The van der Waals surface area contributed by atoms with E-state index in [-0.39, 0.29) is 17.5 Å². The summed E-state index contributed by atoms with van der Waals surface area (Å²) in [6, 6.07) is 5.82. The van der Waals surface area contributed by atoms with E-state index in [1.165, 1.54) is 0 Å². The van der Waals surface area contributed by atoms with Gasteiger partial charge in [-0.2, -0.15) is 15.9 Å². The lowest BCUT2D eigenvalue weighted by atomic mass is 10.1. The zero-order valence-electron chi connectivity index (χ0n) is 14.4. The molecule has 0 radical (unpaired) electrons. The number of nitrogens with zero attached hydrogens (tertiary/aromatic N) is 5. The fourth-order valence-corrected chi connectivity index (χ4v) is 3.73. The van der Waals surface area contributed by atoms with Crippen molar-refractivity contribution in [3.63, 3.8) is 0 Å². The Bertz CT molecular complexity index is 911. The van der Waals surface area contributed by atoms with Crippen molar-refractivity contribution < 1.29 is 4.79 Å². The van der Waals surface area contributed by atoms with Gasteiger partial charge in [0.25, 0.3) is 0 Å². The van der Waals surface area contributed by atoms with Crippen molar-refractivity contribution in [2.45, 2.75) is 38.8 Å². The molecule has 0 bridgehead atoms. The Morgan fingerprint density at radius 2 is 2.08 bits per heavy atom. The monoisotopic (exact) mass is 356 g/mol. The number of rotatable bonds is 3. The Morgan fingerprint density at radius 1 is 1.24 bits per heavy atom. The normalized spacial score (nSPS) is 18.3. The Kier molecular flexibility index (Phi) is 3.72. The maximum Gasteiger partial charge on any atom is 0.225 e. The average molecular weight is 356 g/mol. The van der Waals surface area contributed by atoms with Crippen LogP contribution >= 0.6 is 11.3 Å². The number of thiophene rings is 1. The van der Waals surface area contributed by atoms with Gasteiger partial charge in [0.05, 0.1) is 6.04 Å². The molecule has 130 valence electrons. The number of carbonyl (C=O) groups excluding carboxylic acids is 1. The van der Waals surface area contributed by atoms with Crippen molar-refractivity contribution in [1.29, 1.82) is 0 Å². The largest absolute Gasteiger partial charge is 0.364 e. The van der Waals surface area contributed by atoms with Gasteiger partial charge < -0.3 is 10.2 Å². The van der Waals surface area contributed by atoms with E-state index in [2.05, 4.69) is 41.4 Å². The van der Waals surface area contributed by atoms with Gasteiger partial charge in [-0.15, -0.1) is 15.3 Å². The number of carbonyl (C=O) groups is 1. The first-order chi connectivity index (χ1) is 11.9. The van der Waals surface area contributed by atoms with Crippen LogP contribution in [-0.4, -0.2) is 48.7 Å². The number of likely N-dealkylation sites (tertiary alicyclic amines) is 1. The Balaban J connectivity index is 1.59. The summed E-state index contributed by atoms with van der Waals surface area (Å²) in [6.07, 6.45) is 0.483. The van der Waals surface area contributed by atoms with E-state index in [0.29, 0.717) is 18.6 Å². The topological polar surface area (TPSA) is 75.4 Å². The molecule has 1 atom stereocenters. The summed E-state index contributed by atoms with van der Waals surface area (Å²) < 4.78 is 1.74. The number of hydrogen-bond acceptors (Lipinski definition) is 6. The molecule has 0 aromatic carbocycles. The van der Waals surface area contributed by atoms with Crippen LogP contribution in [0.3, 0.4) is 0 Å². The molecule has 1 aliphatic heterocycles. The van der Waals surface area contributed by atoms with E-state index in [9.17, 15) is 4.79 Å². The number of fused-ring (bicyclic) bond motifs is 1. The van der Waals surface area contributed by atoms with Gasteiger partial charge in [-0.25, -0.2) is 0 Å². The first-order valence-corrected chi connectivity index (χ1v) is 9.18. The highest BCUT2D eigenvalue weighted by atomic mass is 32.1. The van der Waals surface area contributed by atoms with Crippen LogP contribution in [0, 0.1) is 0 Å². The zero-order chi connectivity index (χ0) is 17.6. The second-order valence-corrected chi connectivity index (χ2v) is 8.02. The van der Waals surface area contributed by atoms with Gasteiger partial charge in [0.15, 0.2) is 11.5 Å². The predicted molar refractivity (Wildman–Crippen MR) is 97.6 cm³/mol. The van der Waals surface area contributed by atoms with Crippen molar-refractivity contribution >= 4 is 28.7 Å². The van der Waals surface area contributed by atoms with E-state index in [1.54, 1.807) is 15.9 Å². The molecule has 4 heterocycles. The van der Waals surface area contributed by atoms with Gasteiger partial charge in [0.2, 0.25) is 5.91 Å². The maximum atomic E-state index is 12.2. The number of hydrogen-bond donors (Lipinski definition) is 1. The molecule has 25 heavy (non-hydrogen) atoms. The molecule has 1 N–H and O–H groups in total. The highest BCUT2D eigenvalue weighted by molar-refractivity contribution is 7.08. The standard InChI is InChI=1S/C17H20N6OS/c1-17(2,3)22-9-12(8-15(22)24)18-13-4-5-14-19-20-16(23(14)21-13)11-6-7-25-10-11/h4-7,10,12H,8-9H2,1-3H3,(H,18,21). The second kappa shape index (κ2) is 5.80. The predicted octanol–water partition coefficient (Wildman–Crippen LogP) is 2.66. The molecule has 1 saturated heterocycles. The highest BCUT2D eigenvalue weighted by Crippen LogP contribution is 2.25. The second-order valence-electron chi connectivity index (χ2n) is 7.24. The molecule has 7 nitrogen and oxygen atoms in total. The van der Waals surface area contributed by atoms with E-state index < -0.39 is 0 Å². The van der Waals surface area contributed by atoms with Gasteiger partial charge in [0.1, 0.15) is 5.82 Å². The fraction of sp³-hybridized carbons (Fsp3) is 0.412. The molecule has 1 amide bonds. The van der Waals surface area contributed by atoms with Crippen LogP contribution in [0.5, 0.6) is 0 Å². The van der Waals surface area contributed by atoms with E-state index in [1.807, 2.05) is 33.9 Å². The maximum absolute atomic E-state index is 12.2. The van der Waals surface area contributed by atoms with Crippen molar-refractivity contribution in [3.8, 4) is 11.4 Å². The smallest absolute Gasteiger partial charge is 0.225 e. The van der Waals surface area contributed by atoms with E-state index >= 15 is 0 Å². The third-order valence-electron chi connectivity index (χ3n) is 4.33. The van der Waals surface area contributed by atoms with Crippen LogP contribution in [0.2, 0.25) is 0 Å². The summed E-state index contributed by atoms with van der Waals surface area (Å²) in [5, 5.41) is 20.4. The summed E-state index contributed by atoms with van der Waals surface area (Å²) in [6.45, 7) is 6.85. The molecule has 3 aromatic rings. The van der Waals surface area contributed by atoms with Crippen molar-refractivity contribution in [2.24, 2.45) is 0 Å². The summed E-state index contributed by atoms with van der Waals surface area (Å²) in [5.74, 6) is 1.62. The van der Waals surface area contributed by atoms with Gasteiger partial charge >= 0.3 is 0 Å². The highest BCUT2D eigenvalue weighted by Gasteiger charge is 2.36. The van der Waals surface area contributed by atoms with Crippen LogP contribution in [0.25, 0.3) is 17.0 Å². The van der Waals surface area contributed by atoms with Crippen LogP contribution in [0.4, 0.5) is 5.82 Å². The first kappa shape index (κ1) is 16.0. The lowest BCUT2D eigenvalue weighted by Crippen LogP contribution is -2.43. The minimum Gasteiger partial charge on any atom is -0.364 e. The third-order valence-corrected chi connectivity index (χ3v) is 5.01. The number of aromatic nitrogens is 4. The minimum atomic E-state index is -0.161. The number of anilines is 1. The lowest BCUT2D eigenvalue weighted by Gasteiger charge is -2.32. The van der Waals surface area contributed by atoms with Crippen molar-refractivity contribution in [2.75, 3.05) is 11.9 Å². The molecule has 0 saturated carbocycles. The lowest BCUT2D eigenvalue weighted by molar-refractivity contribution is -0.131. The quantitative estimate of drug-likeness (QED) is 0.781. The molecule has 0 aliphatic carbocycles. The molecule has 1 aliphatic rings.